The van der Waals surface area contributed by atoms with E-state index in [1.165, 1.54) is 19.3 Å². The fraction of sp³-hybridized carbons (Fsp3) is 0.533. The van der Waals surface area contributed by atoms with E-state index >= 15 is 0 Å². The van der Waals surface area contributed by atoms with Crippen LogP contribution >= 0.6 is 15.9 Å². The lowest BCUT2D eigenvalue weighted by Gasteiger charge is -2.23. The van der Waals surface area contributed by atoms with Gasteiger partial charge in [0.15, 0.2) is 0 Å². The Bertz CT molecular complexity index is 442. The van der Waals surface area contributed by atoms with E-state index < -0.39 is 0 Å². The molecule has 0 aliphatic carbocycles. The summed E-state index contributed by atoms with van der Waals surface area (Å²) in [5.41, 5.74) is 1.99. The fourth-order valence-electron chi connectivity index (χ4n) is 2.46. The van der Waals surface area contributed by atoms with Gasteiger partial charge >= 0.3 is 0 Å². The molecule has 3 nitrogen and oxygen atoms in total. The average Bonchev–Trinajstić information content (AvgIpc) is 2.41. The Labute approximate surface area is 123 Å². The zero-order valence-corrected chi connectivity index (χ0v) is 12.9. The summed E-state index contributed by atoms with van der Waals surface area (Å²) < 4.78 is 1.04. The van der Waals surface area contributed by atoms with Crippen molar-refractivity contribution in [1.82, 2.24) is 5.32 Å². The standard InChI is InChI=1S/C15H21BrN2O/c1-11-10-12(16)5-7-14(11)18-15(19)8-6-13-4-2-3-9-17-13/h5,7,10,13,17H,2-4,6,8-9H2,1H3,(H,18,19). The van der Waals surface area contributed by atoms with Gasteiger partial charge in [0, 0.05) is 22.6 Å². The summed E-state index contributed by atoms with van der Waals surface area (Å²) in [5, 5.41) is 6.46. The Balaban J connectivity index is 1.80. The van der Waals surface area contributed by atoms with Crippen LogP contribution < -0.4 is 10.6 Å². The van der Waals surface area contributed by atoms with Gasteiger partial charge in [-0.2, -0.15) is 0 Å². The molecule has 2 rings (SSSR count). The lowest BCUT2D eigenvalue weighted by atomic mass is 10.0. The molecule has 1 amide bonds. The van der Waals surface area contributed by atoms with Gasteiger partial charge in [-0.1, -0.05) is 22.4 Å². The highest BCUT2D eigenvalue weighted by molar-refractivity contribution is 9.10. The van der Waals surface area contributed by atoms with E-state index in [1.807, 2.05) is 25.1 Å². The molecule has 19 heavy (non-hydrogen) atoms. The highest BCUT2D eigenvalue weighted by Gasteiger charge is 2.14. The Morgan fingerprint density at radius 2 is 2.32 bits per heavy atom. The van der Waals surface area contributed by atoms with Crippen molar-refractivity contribution in [2.75, 3.05) is 11.9 Å². The Hall–Kier alpha value is -0.870. The predicted octanol–water partition coefficient (Wildman–Crippen LogP) is 3.62. The number of hydrogen-bond acceptors (Lipinski definition) is 2. The van der Waals surface area contributed by atoms with Crippen LogP contribution in [-0.4, -0.2) is 18.5 Å². The van der Waals surface area contributed by atoms with Crippen LogP contribution in [-0.2, 0) is 4.79 Å². The Kier molecular flexibility index (Phi) is 5.40. The van der Waals surface area contributed by atoms with Crippen LogP contribution in [0.4, 0.5) is 5.69 Å². The summed E-state index contributed by atoms with van der Waals surface area (Å²) in [6.07, 6.45) is 5.27. The molecular weight excluding hydrogens is 304 g/mol. The molecule has 1 aliphatic rings. The first-order chi connectivity index (χ1) is 9.15. The largest absolute Gasteiger partial charge is 0.326 e. The van der Waals surface area contributed by atoms with E-state index in [0.29, 0.717) is 12.5 Å². The van der Waals surface area contributed by atoms with Crippen molar-refractivity contribution in [2.45, 2.75) is 45.1 Å². The number of halogens is 1. The van der Waals surface area contributed by atoms with Crippen LogP contribution in [0.25, 0.3) is 0 Å². The predicted molar refractivity (Wildman–Crippen MR) is 82.4 cm³/mol. The van der Waals surface area contributed by atoms with Gasteiger partial charge in [-0.3, -0.25) is 4.79 Å². The molecule has 1 unspecified atom stereocenters. The van der Waals surface area contributed by atoms with Crippen molar-refractivity contribution in [3.63, 3.8) is 0 Å². The topological polar surface area (TPSA) is 41.1 Å². The van der Waals surface area contributed by atoms with Gasteiger partial charge in [-0.25, -0.2) is 0 Å². The monoisotopic (exact) mass is 324 g/mol. The molecule has 0 bridgehead atoms. The van der Waals surface area contributed by atoms with Gasteiger partial charge in [0.25, 0.3) is 0 Å². The van der Waals surface area contributed by atoms with E-state index in [-0.39, 0.29) is 5.91 Å². The second kappa shape index (κ2) is 7.06. The summed E-state index contributed by atoms with van der Waals surface area (Å²) in [6, 6.07) is 6.42. The summed E-state index contributed by atoms with van der Waals surface area (Å²) in [7, 11) is 0. The highest BCUT2D eigenvalue weighted by atomic mass is 79.9. The summed E-state index contributed by atoms with van der Waals surface area (Å²) in [4.78, 5) is 11.9. The van der Waals surface area contributed by atoms with Gasteiger partial charge < -0.3 is 10.6 Å². The van der Waals surface area contributed by atoms with Crippen molar-refractivity contribution in [1.29, 1.82) is 0 Å². The third-order valence-corrected chi connectivity index (χ3v) is 4.09. The minimum atomic E-state index is 0.109. The molecule has 1 atom stereocenters. The first-order valence-electron chi connectivity index (χ1n) is 6.94. The number of carbonyl (C=O) groups excluding carboxylic acids is 1. The van der Waals surface area contributed by atoms with E-state index in [0.717, 1.165) is 28.7 Å². The van der Waals surface area contributed by atoms with Crippen molar-refractivity contribution in [3.8, 4) is 0 Å². The van der Waals surface area contributed by atoms with Crippen LogP contribution in [0.2, 0.25) is 0 Å². The number of anilines is 1. The van der Waals surface area contributed by atoms with E-state index in [9.17, 15) is 4.79 Å². The van der Waals surface area contributed by atoms with E-state index in [2.05, 4.69) is 26.6 Å². The van der Waals surface area contributed by atoms with Crippen molar-refractivity contribution >= 4 is 27.5 Å². The van der Waals surface area contributed by atoms with Crippen LogP contribution in [0.3, 0.4) is 0 Å². The van der Waals surface area contributed by atoms with Crippen molar-refractivity contribution < 1.29 is 4.79 Å². The molecule has 1 aromatic rings. The van der Waals surface area contributed by atoms with Gasteiger partial charge in [0.1, 0.15) is 0 Å². The second-order valence-corrected chi connectivity index (χ2v) is 6.11. The minimum Gasteiger partial charge on any atom is -0.326 e. The molecule has 0 aromatic heterocycles. The molecule has 2 N–H and O–H groups in total. The molecule has 4 heteroatoms. The quantitative estimate of drug-likeness (QED) is 0.888. The summed E-state index contributed by atoms with van der Waals surface area (Å²) in [6.45, 7) is 3.10. The maximum absolute atomic E-state index is 11.9. The molecule has 1 aromatic carbocycles. The van der Waals surface area contributed by atoms with Gasteiger partial charge in [0.05, 0.1) is 0 Å². The first-order valence-corrected chi connectivity index (χ1v) is 7.74. The maximum Gasteiger partial charge on any atom is 0.224 e. The third-order valence-electron chi connectivity index (χ3n) is 3.59. The van der Waals surface area contributed by atoms with Crippen LogP contribution in [0.15, 0.2) is 22.7 Å². The lowest BCUT2D eigenvalue weighted by molar-refractivity contribution is -0.116. The van der Waals surface area contributed by atoms with Crippen molar-refractivity contribution in [3.05, 3.63) is 28.2 Å². The maximum atomic E-state index is 11.9. The van der Waals surface area contributed by atoms with Crippen LogP contribution in [0.1, 0.15) is 37.7 Å². The number of amides is 1. The SMILES string of the molecule is Cc1cc(Br)ccc1NC(=O)CCC1CCCCN1. The summed E-state index contributed by atoms with van der Waals surface area (Å²) in [5.74, 6) is 0.109. The van der Waals surface area contributed by atoms with Gasteiger partial charge in [0.2, 0.25) is 5.91 Å². The Morgan fingerprint density at radius 1 is 1.47 bits per heavy atom. The second-order valence-electron chi connectivity index (χ2n) is 5.19. The lowest BCUT2D eigenvalue weighted by Crippen LogP contribution is -2.34. The normalized spacial score (nSPS) is 19.2. The molecule has 1 saturated heterocycles. The smallest absolute Gasteiger partial charge is 0.224 e. The molecule has 0 saturated carbocycles. The van der Waals surface area contributed by atoms with Gasteiger partial charge in [-0.15, -0.1) is 0 Å². The van der Waals surface area contributed by atoms with E-state index in [1.54, 1.807) is 0 Å². The fourth-order valence-corrected chi connectivity index (χ4v) is 2.93. The number of piperidine rings is 1. The number of rotatable bonds is 4. The molecule has 0 radical (unpaired) electrons. The number of benzene rings is 1. The number of aryl methyl sites for hydroxylation is 1. The van der Waals surface area contributed by atoms with Crippen LogP contribution in [0, 0.1) is 6.92 Å². The summed E-state index contributed by atoms with van der Waals surface area (Å²) >= 11 is 3.42. The minimum absolute atomic E-state index is 0.109. The number of carbonyl (C=O) groups is 1. The average molecular weight is 325 g/mol. The van der Waals surface area contributed by atoms with Crippen molar-refractivity contribution in [2.24, 2.45) is 0 Å². The molecule has 1 fully saturated rings. The van der Waals surface area contributed by atoms with Gasteiger partial charge in [-0.05, 0) is 56.5 Å². The number of nitrogens with one attached hydrogen (secondary N) is 2. The number of hydrogen-bond donors (Lipinski definition) is 2. The zero-order chi connectivity index (χ0) is 13.7. The van der Waals surface area contributed by atoms with E-state index in [4.69, 9.17) is 0 Å². The first kappa shape index (κ1) is 14.5. The third kappa shape index (κ3) is 4.62. The Morgan fingerprint density at radius 3 is 3.00 bits per heavy atom. The van der Waals surface area contributed by atoms with Crippen LogP contribution in [0.5, 0.6) is 0 Å². The molecular formula is C15H21BrN2O. The molecule has 1 heterocycles. The highest BCUT2D eigenvalue weighted by Crippen LogP contribution is 2.20. The molecule has 104 valence electrons. The molecule has 0 spiro atoms. The molecule has 1 aliphatic heterocycles. The zero-order valence-electron chi connectivity index (χ0n) is 11.3.